The standard InChI is InChI=1S/C24H18F3N7O3S/c1-11-3-14(15-6-19(37-24(25,26)27)30-10-18(15)36-2)16(8-29-11)21(35)34-23-33-20-22(38-23)32-17(9-31-20)13-4-12(5-13)7-28/h3,6,8-10,12-13H,4-5H2,1-2H3,(H,31,33,34,35). The quantitative estimate of drug-likeness (QED) is 0.356. The van der Waals surface area contributed by atoms with Crippen LogP contribution in [0.2, 0.25) is 0 Å². The van der Waals surface area contributed by atoms with E-state index < -0.39 is 18.1 Å². The zero-order valence-corrected chi connectivity index (χ0v) is 20.7. The smallest absolute Gasteiger partial charge is 0.494 e. The second kappa shape index (κ2) is 9.82. The monoisotopic (exact) mass is 541 g/mol. The van der Waals surface area contributed by atoms with Crippen LogP contribution in [0.3, 0.4) is 0 Å². The molecule has 0 aliphatic heterocycles. The number of thiazole rings is 1. The van der Waals surface area contributed by atoms with E-state index in [4.69, 9.17) is 10.00 Å². The van der Waals surface area contributed by atoms with Gasteiger partial charge in [-0.1, -0.05) is 11.3 Å². The van der Waals surface area contributed by atoms with E-state index in [0.717, 1.165) is 42.1 Å². The number of nitriles is 1. The minimum Gasteiger partial charge on any atom is -0.494 e. The van der Waals surface area contributed by atoms with Crippen LogP contribution in [0.5, 0.6) is 11.6 Å². The molecule has 194 valence electrons. The number of carbonyl (C=O) groups excluding carboxylic acids is 1. The number of hydrogen-bond donors (Lipinski definition) is 1. The van der Waals surface area contributed by atoms with Gasteiger partial charge in [0.1, 0.15) is 5.75 Å². The van der Waals surface area contributed by atoms with Crippen molar-refractivity contribution < 1.29 is 27.4 Å². The van der Waals surface area contributed by atoms with Gasteiger partial charge in [0.25, 0.3) is 5.91 Å². The molecule has 1 aliphatic rings. The summed E-state index contributed by atoms with van der Waals surface area (Å²) in [6, 6.07) is 4.83. The number of amides is 1. The molecule has 4 heterocycles. The second-order valence-electron chi connectivity index (χ2n) is 8.53. The number of fused-ring (bicyclic) bond motifs is 1. The summed E-state index contributed by atoms with van der Waals surface area (Å²) in [7, 11) is 1.33. The first-order valence-electron chi connectivity index (χ1n) is 11.2. The fourth-order valence-corrected chi connectivity index (χ4v) is 4.85. The van der Waals surface area contributed by atoms with Crippen molar-refractivity contribution >= 4 is 32.9 Å². The van der Waals surface area contributed by atoms with Gasteiger partial charge < -0.3 is 9.47 Å². The molecule has 0 aromatic carbocycles. The molecule has 5 rings (SSSR count). The van der Waals surface area contributed by atoms with Gasteiger partial charge in [0.15, 0.2) is 15.6 Å². The van der Waals surface area contributed by atoms with Crippen molar-refractivity contribution in [3.63, 3.8) is 0 Å². The lowest BCUT2D eigenvalue weighted by atomic mass is 9.74. The van der Waals surface area contributed by atoms with Crippen LogP contribution in [0.15, 0.2) is 30.7 Å². The number of ether oxygens (including phenoxy) is 2. The van der Waals surface area contributed by atoms with Crippen molar-refractivity contribution in [1.29, 1.82) is 5.26 Å². The third kappa shape index (κ3) is 5.18. The van der Waals surface area contributed by atoms with Gasteiger partial charge in [-0.25, -0.2) is 15.0 Å². The number of halogens is 3. The summed E-state index contributed by atoms with van der Waals surface area (Å²) in [6.07, 6.45) is 0.542. The molecule has 0 saturated heterocycles. The minimum absolute atomic E-state index is 0.0289. The SMILES string of the molecule is COc1cnc(OC(F)(F)F)cc1-c1cc(C)ncc1C(=O)Nc1nc2ncc(C3CC(C#N)C3)nc2s1. The van der Waals surface area contributed by atoms with Crippen LogP contribution in [-0.4, -0.2) is 44.3 Å². The van der Waals surface area contributed by atoms with Gasteiger partial charge >= 0.3 is 6.36 Å². The Morgan fingerprint density at radius 2 is 1.92 bits per heavy atom. The van der Waals surface area contributed by atoms with Crippen molar-refractivity contribution in [2.75, 3.05) is 12.4 Å². The number of nitrogens with one attached hydrogen (secondary N) is 1. The molecular weight excluding hydrogens is 523 g/mol. The van der Waals surface area contributed by atoms with Crippen molar-refractivity contribution in [2.45, 2.75) is 32.0 Å². The number of rotatable bonds is 6. The van der Waals surface area contributed by atoms with Crippen LogP contribution in [0.4, 0.5) is 18.3 Å². The zero-order valence-electron chi connectivity index (χ0n) is 19.9. The Labute approximate surface area is 217 Å². The maximum atomic E-state index is 13.3. The molecule has 38 heavy (non-hydrogen) atoms. The maximum Gasteiger partial charge on any atom is 0.574 e. The molecule has 1 saturated carbocycles. The van der Waals surface area contributed by atoms with Crippen molar-refractivity contribution in [3.05, 3.63) is 47.7 Å². The van der Waals surface area contributed by atoms with E-state index in [1.807, 2.05) is 0 Å². The number of methoxy groups -OCH3 is 1. The van der Waals surface area contributed by atoms with Gasteiger partial charge in [0, 0.05) is 40.9 Å². The number of nitrogens with zero attached hydrogens (tertiary/aromatic N) is 6. The van der Waals surface area contributed by atoms with E-state index in [2.05, 4.69) is 41.0 Å². The molecular formula is C24H18F3N7O3S. The molecule has 14 heteroatoms. The lowest BCUT2D eigenvalue weighted by molar-refractivity contribution is -0.276. The summed E-state index contributed by atoms with van der Waals surface area (Å²) in [5.74, 6) is -0.976. The number of pyridine rings is 2. The summed E-state index contributed by atoms with van der Waals surface area (Å²) < 4.78 is 47.6. The third-order valence-electron chi connectivity index (χ3n) is 5.96. The molecule has 1 N–H and O–H groups in total. The number of hydrogen-bond acceptors (Lipinski definition) is 10. The third-order valence-corrected chi connectivity index (χ3v) is 6.81. The summed E-state index contributed by atoms with van der Waals surface area (Å²) in [4.78, 5) is 34.9. The Bertz CT molecular complexity index is 1580. The van der Waals surface area contributed by atoms with Crippen molar-refractivity contribution in [1.82, 2.24) is 24.9 Å². The van der Waals surface area contributed by atoms with Gasteiger partial charge in [0.05, 0.1) is 36.8 Å². The van der Waals surface area contributed by atoms with Crippen molar-refractivity contribution in [3.8, 4) is 28.8 Å². The first kappa shape index (κ1) is 25.3. The molecule has 10 nitrogen and oxygen atoms in total. The molecule has 1 amide bonds. The van der Waals surface area contributed by atoms with Crippen molar-refractivity contribution in [2.24, 2.45) is 5.92 Å². The molecule has 1 aliphatic carbocycles. The molecule has 0 unspecified atom stereocenters. The Hall–Kier alpha value is -4.38. The van der Waals surface area contributed by atoms with E-state index in [1.54, 1.807) is 19.2 Å². The van der Waals surface area contributed by atoms with Crippen LogP contribution >= 0.6 is 11.3 Å². The Kier molecular flexibility index (Phi) is 6.53. The fourth-order valence-electron chi connectivity index (χ4n) is 4.05. The lowest BCUT2D eigenvalue weighted by Gasteiger charge is -2.29. The van der Waals surface area contributed by atoms with E-state index in [9.17, 15) is 18.0 Å². The highest BCUT2D eigenvalue weighted by Crippen LogP contribution is 2.41. The molecule has 4 aromatic heterocycles. The fraction of sp³-hybridized carbons (Fsp3) is 0.292. The average Bonchev–Trinajstić information content (AvgIpc) is 3.23. The van der Waals surface area contributed by atoms with E-state index in [0.29, 0.717) is 16.2 Å². The molecule has 0 bridgehead atoms. The first-order valence-corrected chi connectivity index (χ1v) is 12.1. The predicted molar refractivity (Wildman–Crippen MR) is 130 cm³/mol. The van der Waals surface area contributed by atoms with Gasteiger partial charge in [-0.2, -0.15) is 10.2 Å². The Morgan fingerprint density at radius 1 is 1.13 bits per heavy atom. The zero-order chi connectivity index (χ0) is 27.0. The molecule has 1 fully saturated rings. The predicted octanol–water partition coefficient (Wildman–Crippen LogP) is 5.03. The molecule has 0 atom stereocenters. The number of alkyl halides is 3. The highest BCUT2D eigenvalue weighted by atomic mass is 32.1. The van der Waals surface area contributed by atoms with Gasteiger partial charge in [-0.05, 0) is 25.8 Å². The second-order valence-corrected chi connectivity index (χ2v) is 9.51. The summed E-state index contributed by atoms with van der Waals surface area (Å²) in [5, 5.41) is 11.9. The number of aryl methyl sites for hydroxylation is 1. The lowest BCUT2D eigenvalue weighted by Crippen LogP contribution is -2.21. The van der Waals surface area contributed by atoms with Crippen LogP contribution in [0.1, 0.15) is 40.5 Å². The Balaban J connectivity index is 1.44. The van der Waals surface area contributed by atoms with Crippen LogP contribution in [0.25, 0.3) is 21.6 Å². The average molecular weight is 542 g/mol. The number of aromatic nitrogens is 5. The van der Waals surface area contributed by atoms with Gasteiger partial charge in [0.2, 0.25) is 5.88 Å². The molecule has 0 radical (unpaired) electrons. The van der Waals surface area contributed by atoms with Crippen LogP contribution in [0, 0.1) is 24.2 Å². The summed E-state index contributed by atoms with van der Waals surface area (Å²) in [6.45, 7) is 1.68. The van der Waals surface area contributed by atoms with Crippen LogP contribution < -0.4 is 14.8 Å². The highest BCUT2D eigenvalue weighted by Gasteiger charge is 2.33. The molecule has 4 aromatic rings. The van der Waals surface area contributed by atoms with Crippen LogP contribution in [-0.2, 0) is 0 Å². The van der Waals surface area contributed by atoms with E-state index in [1.165, 1.54) is 13.3 Å². The highest BCUT2D eigenvalue weighted by molar-refractivity contribution is 7.21. The van der Waals surface area contributed by atoms with Gasteiger partial charge in [-0.15, -0.1) is 13.2 Å². The Morgan fingerprint density at radius 3 is 2.63 bits per heavy atom. The summed E-state index contributed by atoms with van der Waals surface area (Å²) in [5.41, 5.74) is 2.14. The summed E-state index contributed by atoms with van der Waals surface area (Å²) >= 11 is 1.13. The maximum absolute atomic E-state index is 13.3. The topological polar surface area (TPSA) is 136 Å². The van der Waals surface area contributed by atoms with E-state index in [-0.39, 0.29) is 39.4 Å². The minimum atomic E-state index is -4.95. The molecule has 0 spiro atoms. The van der Waals surface area contributed by atoms with Gasteiger partial charge in [-0.3, -0.25) is 15.1 Å². The normalized spacial score (nSPS) is 16.9. The number of carbonyl (C=O) groups is 1. The first-order chi connectivity index (χ1) is 18.1. The largest absolute Gasteiger partial charge is 0.574 e. The van der Waals surface area contributed by atoms with E-state index >= 15 is 0 Å². The number of anilines is 1.